The van der Waals surface area contributed by atoms with Gasteiger partial charge in [-0.3, -0.25) is 4.79 Å². The molecule has 22 heavy (non-hydrogen) atoms. The monoisotopic (exact) mass is 299 g/mol. The lowest BCUT2D eigenvalue weighted by Gasteiger charge is -2.19. The molecule has 0 fully saturated rings. The average molecular weight is 299 g/mol. The first-order chi connectivity index (χ1) is 10.7. The third-order valence-corrected chi connectivity index (χ3v) is 4.17. The number of hydrogen-bond donors (Lipinski definition) is 1. The van der Waals surface area contributed by atoms with Crippen molar-refractivity contribution in [1.29, 1.82) is 0 Å². The molecule has 2 aromatic rings. The van der Waals surface area contributed by atoms with Gasteiger partial charge >= 0.3 is 0 Å². The molecular weight excluding hydrogens is 278 g/mol. The van der Waals surface area contributed by atoms with Gasteiger partial charge in [0.1, 0.15) is 5.76 Å². The van der Waals surface area contributed by atoms with E-state index in [0.29, 0.717) is 5.75 Å². The number of furan rings is 1. The molecule has 2 atom stereocenters. The minimum atomic E-state index is -0.157. The molecule has 4 heteroatoms. The van der Waals surface area contributed by atoms with Crippen molar-refractivity contribution in [2.45, 2.75) is 32.2 Å². The first kappa shape index (κ1) is 14.7. The first-order valence-electron chi connectivity index (χ1n) is 7.71. The number of allylic oxidation sites excluding steroid dienone is 2. The number of nitrogens with one attached hydrogen (secondary N) is 1. The Morgan fingerprint density at radius 1 is 1.41 bits per heavy atom. The molecule has 3 rings (SSSR count). The molecule has 116 valence electrons. The van der Waals surface area contributed by atoms with Gasteiger partial charge in [-0.25, -0.2) is 0 Å². The van der Waals surface area contributed by atoms with Crippen LogP contribution >= 0.6 is 0 Å². The molecule has 1 N–H and O–H groups in total. The van der Waals surface area contributed by atoms with Gasteiger partial charge in [0.2, 0.25) is 5.91 Å². The number of hydrogen-bond acceptors (Lipinski definition) is 3. The van der Waals surface area contributed by atoms with E-state index in [1.807, 2.05) is 31.2 Å². The van der Waals surface area contributed by atoms with Gasteiger partial charge in [0, 0.05) is 11.3 Å². The molecule has 0 saturated carbocycles. The van der Waals surface area contributed by atoms with Gasteiger partial charge in [-0.15, -0.1) is 0 Å². The number of para-hydroxylation sites is 1. The summed E-state index contributed by atoms with van der Waals surface area (Å²) in [4.78, 5) is 12.3. The van der Waals surface area contributed by atoms with Crippen molar-refractivity contribution < 1.29 is 13.9 Å². The van der Waals surface area contributed by atoms with Gasteiger partial charge in [0.25, 0.3) is 0 Å². The van der Waals surface area contributed by atoms with Crippen LogP contribution in [0.25, 0.3) is 11.0 Å². The zero-order chi connectivity index (χ0) is 15.5. The summed E-state index contributed by atoms with van der Waals surface area (Å²) in [5.74, 6) is 1.63. The Labute approximate surface area is 130 Å². The molecule has 1 aliphatic rings. The highest BCUT2D eigenvalue weighted by Crippen LogP contribution is 2.31. The Hall–Kier alpha value is -2.23. The molecule has 1 amide bonds. The van der Waals surface area contributed by atoms with E-state index in [9.17, 15) is 4.79 Å². The molecular formula is C18H21NO3. The predicted molar refractivity (Wildman–Crippen MR) is 85.8 cm³/mol. The minimum absolute atomic E-state index is 0.0753. The summed E-state index contributed by atoms with van der Waals surface area (Å²) in [5, 5.41) is 4.04. The Morgan fingerprint density at radius 2 is 2.27 bits per heavy atom. The third-order valence-electron chi connectivity index (χ3n) is 4.17. The zero-order valence-corrected chi connectivity index (χ0v) is 13.0. The largest absolute Gasteiger partial charge is 0.493 e. The number of methoxy groups -OCH3 is 1. The van der Waals surface area contributed by atoms with Gasteiger partial charge in [-0.1, -0.05) is 24.3 Å². The molecule has 1 aromatic heterocycles. The molecule has 0 bridgehead atoms. The van der Waals surface area contributed by atoms with Gasteiger partial charge < -0.3 is 14.5 Å². The van der Waals surface area contributed by atoms with Crippen LogP contribution in [0.2, 0.25) is 0 Å². The van der Waals surface area contributed by atoms with E-state index in [1.165, 1.54) is 0 Å². The van der Waals surface area contributed by atoms with Crippen LogP contribution in [0.15, 0.2) is 40.8 Å². The lowest BCUT2D eigenvalue weighted by molar-refractivity contribution is -0.126. The van der Waals surface area contributed by atoms with Gasteiger partial charge in [-0.05, 0) is 38.3 Å². The predicted octanol–water partition coefficient (Wildman–Crippen LogP) is 3.97. The molecule has 0 saturated heterocycles. The second kappa shape index (κ2) is 6.26. The van der Waals surface area contributed by atoms with Crippen LogP contribution in [0.3, 0.4) is 0 Å². The van der Waals surface area contributed by atoms with E-state index >= 15 is 0 Å². The maximum absolute atomic E-state index is 12.3. The van der Waals surface area contributed by atoms with Crippen molar-refractivity contribution in [3.8, 4) is 5.75 Å². The summed E-state index contributed by atoms with van der Waals surface area (Å²) < 4.78 is 11.2. The summed E-state index contributed by atoms with van der Waals surface area (Å²) in [6.07, 6.45) is 6.95. The Morgan fingerprint density at radius 3 is 3.00 bits per heavy atom. The number of fused-ring (bicyclic) bond motifs is 1. The number of carbonyl (C=O) groups is 1. The molecule has 4 nitrogen and oxygen atoms in total. The van der Waals surface area contributed by atoms with E-state index in [2.05, 4.69) is 17.5 Å². The average Bonchev–Trinajstić information content (AvgIpc) is 2.99. The van der Waals surface area contributed by atoms with Crippen LogP contribution in [0.4, 0.5) is 0 Å². The summed E-state index contributed by atoms with van der Waals surface area (Å²) >= 11 is 0. The smallest absolute Gasteiger partial charge is 0.224 e. The molecule has 1 aliphatic carbocycles. The van der Waals surface area contributed by atoms with Crippen LogP contribution in [-0.2, 0) is 4.79 Å². The van der Waals surface area contributed by atoms with Crippen molar-refractivity contribution in [3.63, 3.8) is 0 Å². The second-order valence-corrected chi connectivity index (χ2v) is 5.74. The normalized spacial score (nSPS) is 19.1. The third kappa shape index (κ3) is 2.86. The number of ether oxygens (including phenoxy) is 1. The fraction of sp³-hybridized carbons (Fsp3) is 0.389. The lowest BCUT2D eigenvalue weighted by Crippen LogP contribution is -2.33. The molecule has 0 spiro atoms. The van der Waals surface area contributed by atoms with Crippen molar-refractivity contribution in [1.82, 2.24) is 5.32 Å². The summed E-state index contributed by atoms with van der Waals surface area (Å²) in [7, 11) is 1.62. The Kier molecular flexibility index (Phi) is 4.18. The SMILES string of the molecule is COc1cccc2cc([C@@H](C)NC(=O)[C@H]3CC=CCC3)oc12. The van der Waals surface area contributed by atoms with Gasteiger partial charge in [-0.2, -0.15) is 0 Å². The number of amides is 1. The highest BCUT2D eigenvalue weighted by Gasteiger charge is 2.22. The maximum Gasteiger partial charge on any atom is 0.224 e. The van der Waals surface area contributed by atoms with Crippen LogP contribution in [0.5, 0.6) is 5.75 Å². The van der Waals surface area contributed by atoms with Crippen LogP contribution in [-0.4, -0.2) is 13.0 Å². The fourth-order valence-electron chi connectivity index (χ4n) is 2.86. The van der Waals surface area contributed by atoms with E-state index in [4.69, 9.17) is 9.15 Å². The minimum Gasteiger partial charge on any atom is -0.493 e. The maximum atomic E-state index is 12.3. The number of carbonyl (C=O) groups excluding carboxylic acids is 1. The van der Waals surface area contributed by atoms with Crippen molar-refractivity contribution >= 4 is 16.9 Å². The van der Waals surface area contributed by atoms with Crippen molar-refractivity contribution in [3.05, 3.63) is 42.2 Å². The summed E-state index contributed by atoms with van der Waals surface area (Å²) in [6, 6.07) is 7.58. The Balaban J connectivity index is 1.75. The van der Waals surface area contributed by atoms with Crippen LogP contribution in [0.1, 0.15) is 38.0 Å². The van der Waals surface area contributed by atoms with E-state index < -0.39 is 0 Å². The molecule has 0 unspecified atom stereocenters. The second-order valence-electron chi connectivity index (χ2n) is 5.74. The number of benzene rings is 1. The lowest BCUT2D eigenvalue weighted by atomic mass is 9.93. The van der Waals surface area contributed by atoms with E-state index in [0.717, 1.165) is 36.0 Å². The van der Waals surface area contributed by atoms with E-state index in [1.54, 1.807) is 7.11 Å². The number of rotatable bonds is 4. The standard InChI is InChI=1S/C18H21NO3/c1-12(19-18(20)13-7-4-3-5-8-13)16-11-14-9-6-10-15(21-2)17(14)22-16/h3-4,6,9-13H,5,7-8H2,1-2H3,(H,19,20)/t12-,13+/m1/s1. The highest BCUT2D eigenvalue weighted by atomic mass is 16.5. The molecule has 0 radical (unpaired) electrons. The molecule has 1 aromatic carbocycles. The van der Waals surface area contributed by atoms with Crippen molar-refractivity contribution in [2.24, 2.45) is 5.92 Å². The van der Waals surface area contributed by atoms with Crippen LogP contribution < -0.4 is 10.1 Å². The van der Waals surface area contributed by atoms with Gasteiger partial charge in [0.15, 0.2) is 11.3 Å². The molecule has 0 aliphatic heterocycles. The van der Waals surface area contributed by atoms with Gasteiger partial charge in [0.05, 0.1) is 13.2 Å². The first-order valence-corrected chi connectivity index (χ1v) is 7.71. The highest BCUT2D eigenvalue weighted by molar-refractivity contribution is 5.84. The Bertz CT molecular complexity index is 701. The fourth-order valence-corrected chi connectivity index (χ4v) is 2.86. The summed E-state index contributed by atoms with van der Waals surface area (Å²) in [5.41, 5.74) is 0.724. The van der Waals surface area contributed by atoms with Crippen LogP contribution in [0, 0.1) is 5.92 Å². The van der Waals surface area contributed by atoms with E-state index in [-0.39, 0.29) is 17.9 Å². The topological polar surface area (TPSA) is 51.5 Å². The summed E-state index contributed by atoms with van der Waals surface area (Å²) in [6.45, 7) is 1.95. The quantitative estimate of drug-likeness (QED) is 0.869. The molecule has 1 heterocycles. The van der Waals surface area contributed by atoms with Crippen molar-refractivity contribution in [2.75, 3.05) is 7.11 Å². The zero-order valence-electron chi connectivity index (χ0n) is 13.0.